The lowest BCUT2D eigenvalue weighted by atomic mass is 10.2. The number of hydrogen-bond acceptors (Lipinski definition) is 5. The van der Waals surface area contributed by atoms with Gasteiger partial charge in [-0.25, -0.2) is 0 Å². The first-order chi connectivity index (χ1) is 7.81. The summed E-state index contributed by atoms with van der Waals surface area (Å²) in [4.78, 5) is 0. The molecule has 92 valence electrons. The molecular formula is C11H21N3O2. The zero-order chi connectivity index (χ0) is 11.8. The van der Waals surface area contributed by atoms with E-state index < -0.39 is 0 Å². The van der Waals surface area contributed by atoms with Crippen LogP contribution in [0, 0.1) is 0 Å². The first-order valence-electron chi connectivity index (χ1n) is 5.95. The van der Waals surface area contributed by atoms with Crippen LogP contribution in [0.1, 0.15) is 51.4 Å². The molecule has 0 saturated heterocycles. The predicted molar refractivity (Wildman–Crippen MR) is 61.0 cm³/mol. The minimum absolute atomic E-state index is 0.150. The number of rotatable bonds is 8. The van der Waals surface area contributed by atoms with Crippen LogP contribution in [0.25, 0.3) is 0 Å². The van der Waals surface area contributed by atoms with Crippen molar-refractivity contribution in [1.82, 2.24) is 15.5 Å². The van der Waals surface area contributed by atoms with E-state index in [1.54, 1.807) is 0 Å². The maximum atomic E-state index is 5.53. The van der Waals surface area contributed by atoms with Gasteiger partial charge in [-0.3, -0.25) is 0 Å². The van der Waals surface area contributed by atoms with Crippen LogP contribution in [0.4, 0.5) is 0 Å². The van der Waals surface area contributed by atoms with Crippen LogP contribution in [0.5, 0.6) is 0 Å². The highest BCUT2D eigenvalue weighted by Crippen LogP contribution is 2.14. The van der Waals surface area contributed by atoms with Crippen molar-refractivity contribution in [3.05, 3.63) is 11.8 Å². The average molecular weight is 227 g/mol. The van der Waals surface area contributed by atoms with E-state index in [1.807, 2.05) is 0 Å². The van der Waals surface area contributed by atoms with Crippen molar-refractivity contribution >= 4 is 0 Å². The number of nitrogens with zero attached hydrogens (tertiary/aromatic N) is 2. The van der Waals surface area contributed by atoms with Crippen LogP contribution in [0.3, 0.4) is 0 Å². The molecule has 1 atom stereocenters. The molecule has 1 rings (SSSR count). The molecule has 1 aromatic heterocycles. The Labute approximate surface area is 96.6 Å². The summed E-state index contributed by atoms with van der Waals surface area (Å²) < 4.78 is 10.9. The van der Waals surface area contributed by atoms with Crippen LogP contribution in [-0.4, -0.2) is 23.3 Å². The first kappa shape index (κ1) is 13.1. The normalized spacial score (nSPS) is 12.9. The molecule has 1 aromatic rings. The highest BCUT2D eigenvalue weighted by atomic mass is 16.5. The molecule has 1 N–H and O–H groups in total. The van der Waals surface area contributed by atoms with Crippen molar-refractivity contribution in [2.45, 2.75) is 46.3 Å². The summed E-state index contributed by atoms with van der Waals surface area (Å²) in [6.45, 7) is 8.24. The van der Waals surface area contributed by atoms with Gasteiger partial charge in [0.2, 0.25) is 11.8 Å². The lowest BCUT2D eigenvalue weighted by Gasteiger charge is -2.09. The summed E-state index contributed by atoms with van der Waals surface area (Å²) in [5.74, 6) is 1.21. The van der Waals surface area contributed by atoms with E-state index >= 15 is 0 Å². The zero-order valence-corrected chi connectivity index (χ0v) is 10.3. The molecule has 0 bridgehead atoms. The highest BCUT2D eigenvalue weighted by molar-refractivity contribution is 4.88. The van der Waals surface area contributed by atoms with Gasteiger partial charge in [-0.2, -0.15) is 0 Å². The van der Waals surface area contributed by atoms with Crippen molar-refractivity contribution in [3.63, 3.8) is 0 Å². The molecule has 0 aromatic carbocycles. The summed E-state index contributed by atoms with van der Waals surface area (Å²) >= 11 is 0. The van der Waals surface area contributed by atoms with E-state index in [4.69, 9.17) is 9.15 Å². The number of ether oxygens (including phenoxy) is 1. The van der Waals surface area contributed by atoms with Crippen molar-refractivity contribution in [2.75, 3.05) is 13.2 Å². The molecule has 0 amide bonds. The molecule has 16 heavy (non-hydrogen) atoms. The average Bonchev–Trinajstić information content (AvgIpc) is 2.75. The van der Waals surface area contributed by atoms with Gasteiger partial charge in [-0.15, -0.1) is 10.2 Å². The summed E-state index contributed by atoms with van der Waals surface area (Å²) in [6.07, 6.45) is 1.93. The molecule has 5 heteroatoms. The Bertz CT molecular complexity index is 289. The van der Waals surface area contributed by atoms with Crippen molar-refractivity contribution < 1.29 is 9.15 Å². The Morgan fingerprint density at radius 1 is 1.31 bits per heavy atom. The Morgan fingerprint density at radius 2 is 2.12 bits per heavy atom. The Balaban J connectivity index is 2.48. The van der Waals surface area contributed by atoms with Gasteiger partial charge in [0.15, 0.2) is 0 Å². The van der Waals surface area contributed by atoms with Gasteiger partial charge in [0, 0.05) is 6.61 Å². The van der Waals surface area contributed by atoms with E-state index in [1.165, 1.54) is 0 Å². The molecule has 0 saturated carbocycles. The topological polar surface area (TPSA) is 60.2 Å². The molecule has 0 spiro atoms. The highest BCUT2D eigenvalue weighted by Gasteiger charge is 2.15. The third-order valence-corrected chi connectivity index (χ3v) is 2.21. The lowest BCUT2D eigenvalue weighted by molar-refractivity contribution is 0.101. The maximum absolute atomic E-state index is 5.53. The minimum atomic E-state index is 0.150. The van der Waals surface area contributed by atoms with Crippen LogP contribution in [0.15, 0.2) is 4.42 Å². The van der Waals surface area contributed by atoms with E-state index in [2.05, 4.69) is 36.3 Å². The molecule has 1 heterocycles. The third-order valence-electron chi connectivity index (χ3n) is 2.21. The van der Waals surface area contributed by atoms with Crippen molar-refractivity contribution in [2.24, 2.45) is 0 Å². The maximum Gasteiger partial charge on any atom is 0.242 e. The Hall–Kier alpha value is -0.940. The summed E-state index contributed by atoms with van der Waals surface area (Å²) in [5.41, 5.74) is 0. The van der Waals surface area contributed by atoms with Gasteiger partial charge >= 0.3 is 0 Å². The first-order valence-corrected chi connectivity index (χ1v) is 5.95. The smallest absolute Gasteiger partial charge is 0.242 e. The second-order valence-corrected chi connectivity index (χ2v) is 3.61. The Morgan fingerprint density at radius 3 is 2.75 bits per heavy atom. The second-order valence-electron chi connectivity index (χ2n) is 3.61. The van der Waals surface area contributed by atoms with Crippen LogP contribution in [-0.2, 0) is 11.3 Å². The summed E-state index contributed by atoms with van der Waals surface area (Å²) in [7, 11) is 0. The van der Waals surface area contributed by atoms with Crippen molar-refractivity contribution in [1.29, 1.82) is 0 Å². The van der Waals surface area contributed by atoms with E-state index in [0.717, 1.165) is 26.0 Å². The molecule has 0 radical (unpaired) electrons. The fraction of sp³-hybridized carbons (Fsp3) is 0.818. The largest absolute Gasteiger partial charge is 0.421 e. The number of hydrogen-bond donors (Lipinski definition) is 1. The van der Waals surface area contributed by atoms with Crippen LogP contribution < -0.4 is 5.32 Å². The van der Waals surface area contributed by atoms with Gasteiger partial charge in [-0.05, 0) is 19.4 Å². The van der Waals surface area contributed by atoms with Gasteiger partial charge in [-0.1, -0.05) is 20.8 Å². The van der Waals surface area contributed by atoms with Crippen LogP contribution in [0.2, 0.25) is 0 Å². The van der Waals surface area contributed by atoms with Crippen molar-refractivity contribution in [3.8, 4) is 0 Å². The molecule has 0 fully saturated rings. The Kier molecular flexibility index (Phi) is 6.03. The summed E-state index contributed by atoms with van der Waals surface area (Å²) in [6, 6.07) is 0.150. The zero-order valence-electron chi connectivity index (χ0n) is 10.3. The fourth-order valence-corrected chi connectivity index (χ4v) is 1.42. The van der Waals surface area contributed by atoms with E-state index in [-0.39, 0.29) is 6.04 Å². The number of aromatic nitrogens is 2. The van der Waals surface area contributed by atoms with Gasteiger partial charge in [0.05, 0.1) is 6.04 Å². The fourth-order valence-electron chi connectivity index (χ4n) is 1.42. The number of nitrogens with one attached hydrogen (secondary N) is 1. The predicted octanol–water partition coefficient (Wildman–Crippen LogP) is 2.06. The van der Waals surface area contributed by atoms with Gasteiger partial charge in [0.25, 0.3) is 0 Å². The molecule has 0 aliphatic heterocycles. The third kappa shape index (κ3) is 3.90. The standard InChI is InChI=1S/C11H21N3O2/c1-4-7-15-8-10-13-14-11(16-10)9(5-2)12-6-3/h9,12H,4-8H2,1-3H3. The lowest BCUT2D eigenvalue weighted by Crippen LogP contribution is -2.20. The van der Waals surface area contributed by atoms with Gasteiger partial charge < -0.3 is 14.5 Å². The molecular weight excluding hydrogens is 206 g/mol. The molecule has 1 unspecified atom stereocenters. The molecule has 0 aliphatic carbocycles. The van der Waals surface area contributed by atoms with E-state index in [9.17, 15) is 0 Å². The van der Waals surface area contributed by atoms with Gasteiger partial charge in [0.1, 0.15) is 6.61 Å². The SMILES string of the molecule is CCCOCc1nnc(C(CC)NCC)o1. The molecule has 0 aliphatic rings. The molecule has 5 nitrogen and oxygen atoms in total. The second kappa shape index (κ2) is 7.35. The van der Waals surface area contributed by atoms with E-state index in [0.29, 0.717) is 18.4 Å². The summed E-state index contributed by atoms with van der Waals surface area (Å²) in [5, 5.41) is 11.3. The quantitative estimate of drug-likeness (QED) is 0.689. The van der Waals surface area contributed by atoms with Crippen LogP contribution >= 0.6 is 0 Å². The monoisotopic (exact) mass is 227 g/mol. The minimum Gasteiger partial charge on any atom is -0.421 e.